The molecule has 2 heterocycles. The molecule has 0 bridgehead atoms. The maximum Gasteiger partial charge on any atom is 0.240 e. The average Bonchev–Trinajstić information content (AvgIpc) is 2.94. The molecule has 1 aromatic carbocycles. The number of aliphatic hydroxyl groups excluding tert-OH is 1. The molecule has 7 heteroatoms. The van der Waals surface area contributed by atoms with Crippen molar-refractivity contribution in [2.24, 2.45) is 0 Å². The first-order valence-corrected chi connectivity index (χ1v) is 10.3. The monoisotopic (exact) mass is 375 g/mol. The van der Waals surface area contributed by atoms with E-state index in [1.807, 2.05) is 25.1 Å². The van der Waals surface area contributed by atoms with Crippen molar-refractivity contribution in [1.29, 1.82) is 0 Å². The summed E-state index contributed by atoms with van der Waals surface area (Å²) in [5.41, 5.74) is 3.19. The first-order chi connectivity index (χ1) is 12.4. The third-order valence-corrected chi connectivity index (χ3v) is 6.61. The predicted molar refractivity (Wildman–Crippen MR) is 103 cm³/mol. The second-order valence-electron chi connectivity index (χ2n) is 6.78. The van der Waals surface area contributed by atoms with E-state index in [0.29, 0.717) is 18.4 Å². The molecule has 0 spiro atoms. The summed E-state index contributed by atoms with van der Waals surface area (Å²) in [6, 6.07) is 8.65. The quantitative estimate of drug-likeness (QED) is 0.722. The van der Waals surface area contributed by atoms with Crippen molar-refractivity contribution >= 4 is 15.8 Å². The molecular formula is C19H25N3O3S. The molecule has 0 fully saturated rings. The number of sulfonamides is 1. The lowest BCUT2D eigenvalue weighted by molar-refractivity contribution is 0.254. The first kappa shape index (κ1) is 18.8. The Morgan fingerprint density at radius 3 is 2.54 bits per heavy atom. The van der Waals surface area contributed by atoms with E-state index in [1.165, 1.54) is 5.56 Å². The maximum atomic E-state index is 12.4. The van der Waals surface area contributed by atoms with Gasteiger partial charge in [0.2, 0.25) is 10.0 Å². The number of nitrogens with one attached hydrogen (secondary N) is 2. The summed E-state index contributed by atoms with van der Waals surface area (Å²) in [5, 5.41) is 12.6. The highest BCUT2D eigenvalue weighted by Gasteiger charge is 2.29. The van der Waals surface area contributed by atoms with Gasteiger partial charge >= 0.3 is 0 Å². The minimum atomic E-state index is -3.65. The van der Waals surface area contributed by atoms with Crippen LogP contribution in [0.5, 0.6) is 0 Å². The van der Waals surface area contributed by atoms with Crippen LogP contribution in [0.3, 0.4) is 0 Å². The van der Waals surface area contributed by atoms with Crippen molar-refractivity contribution in [2.45, 2.75) is 50.1 Å². The Labute approximate surface area is 154 Å². The molecule has 1 aliphatic heterocycles. The Morgan fingerprint density at radius 1 is 1.23 bits per heavy atom. The number of fused-ring (bicyclic) bond motifs is 1. The van der Waals surface area contributed by atoms with E-state index in [-0.39, 0.29) is 11.5 Å². The van der Waals surface area contributed by atoms with Gasteiger partial charge in [-0.25, -0.2) is 18.1 Å². The molecule has 3 atom stereocenters. The SMILES string of the molecule is CC[C@@H](CO)NS(=O)(=O)c1ccc(-c2ccnc3c2C(C)C(C)N3)cc1. The van der Waals surface area contributed by atoms with Gasteiger partial charge in [0, 0.05) is 29.8 Å². The van der Waals surface area contributed by atoms with E-state index in [9.17, 15) is 13.5 Å². The van der Waals surface area contributed by atoms with E-state index in [4.69, 9.17) is 0 Å². The summed E-state index contributed by atoms with van der Waals surface area (Å²) in [6.45, 7) is 5.90. The van der Waals surface area contributed by atoms with Crippen LogP contribution in [-0.4, -0.2) is 37.2 Å². The highest BCUT2D eigenvalue weighted by molar-refractivity contribution is 7.89. The molecule has 2 unspecified atom stereocenters. The molecule has 0 amide bonds. The van der Waals surface area contributed by atoms with Gasteiger partial charge in [0.05, 0.1) is 11.5 Å². The Hall–Kier alpha value is -1.96. The lowest BCUT2D eigenvalue weighted by atomic mass is 9.92. The molecule has 3 rings (SSSR count). The van der Waals surface area contributed by atoms with E-state index in [0.717, 1.165) is 16.9 Å². The van der Waals surface area contributed by atoms with Gasteiger partial charge in [0.1, 0.15) is 5.82 Å². The minimum Gasteiger partial charge on any atom is -0.395 e. The average molecular weight is 375 g/mol. The number of aliphatic hydroxyl groups is 1. The highest BCUT2D eigenvalue weighted by atomic mass is 32.2. The van der Waals surface area contributed by atoms with Gasteiger partial charge in [-0.1, -0.05) is 26.0 Å². The number of pyridine rings is 1. The van der Waals surface area contributed by atoms with Gasteiger partial charge in [0.15, 0.2) is 0 Å². The van der Waals surface area contributed by atoms with E-state index in [1.54, 1.807) is 18.3 Å². The Morgan fingerprint density at radius 2 is 1.92 bits per heavy atom. The van der Waals surface area contributed by atoms with Gasteiger partial charge in [-0.3, -0.25) is 0 Å². The van der Waals surface area contributed by atoms with Crippen LogP contribution in [0.2, 0.25) is 0 Å². The summed E-state index contributed by atoms with van der Waals surface area (Å²) < 4.78 is 27.4. The smallest absolute Gasteiger partial charge is 0.240 e. The normalized spacial score (nSPS) is 20.5. The Balaban J connectivity index is 1.92. The number of rotatable bonds is 6. The third kappa shape index (κ3) is 3.47. The lowest BCUT2D eigenvalue weighted by Crippen LogP contribution is -2.36. The Bertz CT molecular complexity index is 877. The second kappa shape index (κ2) is 7.34. The third-order valence-electron chi connectivity index (χ3n) is 5.07. The zero-order chi connectivity index (χ0) is 18.9. The van der Waals surface area contributed by atoms with E-state index < -0.39 is 16.1 Å². The summed E-state index contributed by atoms with van der Waals surface area (Å²) in [4.78, 5) is 4.61. The zero-order valence-corrected chi connectivity index (χ0v) is 16.0. The zero-order valence-electron chi connectivity index (χ0n) is 15.2. The topological polar surface area (TPSA) is 91.3 Å². The number of hydrogen-bond donors (Lipinski definition) is 3. The fourth-order valence-corrected chi connectivity index (χ4v) is 4.55. The number of hydrogen-bond acceptors (Lipinski definition) is 5. The van der Waals surface area contributed by atoms with Gasteiger partial charge in [0.25, 0.3) is 0 Å². The fourth-order valence-electron chi connectivity index (χ4n) is 3.24. The molecule has 0 radical (unpaired) electrons. The van der Waals surface area contributed by atoms with Crippen molar-refractivity contribution in [3.8, 4) is 11.1 Å². The number of nitrogens with zero attached hydrogens (tertiary/aromatic N) is 1. The number of aromatic nitrogens is 1. The molecule has 1 aliphatic rings. The molecule has 0 saturated heterocycles. The van der Waals surface area contributed by atoms with Crippen molar-refractivity contribution in [2.75, 3.05) is 11.9 Å². The first-order valence-electron chi connectivity index (χ1n) is 8.86. The van der Waals surface area contributed by atoms with Crippen LogP contribution >= 0.6 is 0 Å². The van der Waals surface area contributed by atoms with Gasteiger partial charge in [-0.15, -0.1) is 0 Å². The summed E-state index contributed by atoms with van der Waals surface area (Å²) in [6.07, 6.45) is 2.30. The number of benzene rings is 1. The van der Waals surface area contributed by atoms with Crippen LogP contribution in [0, 0.1) is 0 Å². The van der Waals surface area contributed by atoms with E-state index >= 15 is 0 Å². The van der Waals surface area contributed by atoms with Crippen LogP contribution in [0.4, 0.5) is 5.82 Å². The van der Waals surface area contributed by atoms with Gasteiger partial charge < -0.3 is 10.4 Å². The fraction of sp³-hybridized carbons (Fsp3) is 0.421. The second-order valence-corrected chi connectivity index (χ2v) is 8.49. The lowest BCUT2D eigenvalue weighted by Gasteiger charge is -2.15. The summed E-state index contributed by atoms with van der Waals surface area (Å²) >= 11 is 0. The highest BCUT2D eigenvalue weighted by Crippen LogP contribution is 2.40. The van der Waals surface area contributed by atoms with Crippen LogP contribution in [-0.2, 0) is 10.0 Å². The summed E-state index contributed by atoms with van der Waals surface area (Å²) in [5.74, 6) is 1.23. The van der Waals surface area contributed by atoms with Gasteiger partial charge in [-0.05, 0) is 42.7 Å². The van der Waals surface area contributed by atoms with E-state index in [2.05, 4.69) is 28.9 Å². The van der Waals surface area contributed by atoms with Crippen LogP contribution in [0.15, 0.2) is 41.4 Å². The molecule has 0 saturated carbocycles. The molecular weight excluding hydrogens is 350 g/mol. The van der Waals surface area contributed by atoms with Crippen molar-refractivity contribution in [3.63, 3.8) is 0 Å². The van der Waals surface area contributed by atoms with Gasteiger partial charge in [-0.2, -0.15) is 0 Å². The van der Waals surface area contributed by atoms with Crippen LogP contribution < -0.4 is 10.0 Å². The summed E-state index contributed by atoms with van der Waals surface area (Å²) in [7, 11) is -3.65. The van der Waals surface area contributed by atoms with Crippen LogP contribution in [0.25, 0.3) is 11.1 Å². The molecule has 140 valence electrons. The molecule has 26 heavy (non-hydrogen) atoms. The maximum absolute atomic E-state index is 12.4. The molecule has 2 aromatic rings. The largest absolute Gasteiger partial charge is 0.395 e. The predicted octanol–water partition coefficient (Wildman–Crippen LogP) is 2.72. The number of anilines is 1. The molecule has 6 nitrogen and oxygen atoms in total. The van der Waals surface area contributed by atoms with Crippen molar-refractivity contribution < 1.29 is 13.5 Å². The van der Waals surface area contributed by atoms with Crippen LogP contribution in [0.1, 0.15) is 38.7 Å². The minimum absolute atomic E-state index is 0.193. The molecule has 3 N–H and O–H groups in total. The molecule has 1 aromatic heterocycles. The molecule has 0 aliphatic carbocycles. The Kier molecular flexibility index (Phi) is 5.32. The van der Waals surface area contributed by atoms with Crippen molar-refractivity contribution in [1.82, 2.24) is 9.71 Å². The standard InChI is InChI=1S/C19H25N3O3S/c1-4-15(11-23)22-26(24,25)16-7-5-14(6-8-16)17-9-10-20-19-18(17)12(2)13(3)21-19/h5-10,12-13,15,22-23H,4,11H2,1-3H3,(H,20,21)/t12?,13?,15-/m0/s1. The van der Waals surface area contributed by atoms with Crippen molar-refractivity contribution in [3.05, 3.63) is 42.1 Å².